The molecule has 0 aromatic heterocycles. The highest BCUT2D eigenvalue weighted by molar-refractivity contribution is 5.68. The molecule has 0 aromatic carbocycles. The van der Waals surface area contributed by atoms with Gasteiger partial charge in [-0.05, 0) is 46.5 Å². The fraction of sp³-hybridized carbons (Fsp3) is 0.933. The largest absolute Gasteiger partial charge is 0.444 e. The van der Waals surface area contributed by atoms with E-state index in [0.717, 1.165) is 19.3 Å². The second-order valence-corrected chi connectivity index (χ2v) is 6.95. The lowest BCUT2D eigenvalue weighted by molar-refractivity contribution is 0.0502. The molecule has 1 saturated carbocycles. The van der Waals surface area contributed by atoms with E-state index >= 15 is 0 Å². The minimum atomic E-state index is -0.633. The fourth-order valence-electron chi connectivity index (χ4n) is 2.62. The molecule has 0 radical (unpaired) electrons. The first kappa shape index (κ1) is 18.2. The van der Waals surface area contributed by atoms with Crippen LogP contribution in [0.2, 0.25) is 0 Å². The molecule has 1 aliphatic rings. The summed E-state index contributed by atoms with van der Waals surface area (Å²) >= 11 is 0. The molecule has 4 N–H and O–H groups in total. The van der Waals surface area contributed by atoms with Crippen LogP contribution in [0.25, 0.3) is 0 Å². The molecular weight excluding hydrogens is 272 g/mol. The predicted octanol–water partition coefficient (Wildman–Crippen LogP) is 1.16. The van der Waals surface area contributed by atoms with E-state index in [-0.39, 0.29) is 31.4 Å². The van der Waals surface area contributed by atoms with Gasteiger partial charge in [0.25, 0.3) is 0 Å². The molecule has 2 atom stereocenters. The van der Waals surface area contributed by atoms with Gasteiger partial charge in [0.2, 0.25) is 0 Å². The molecule has 21 heavy (non-hydrogen) atoms. The van der Waals surface area contributed by atoms with E-state index in [4.69, 9.17) is 4.74 Å². The standard InChI is InChI=1S/C15H30N2O4/c1-5-15(9-18,10-19)17-12-7-6-11(8-12)16-13(20)21-14(2,3)4/h11-12,17-19H,5-10H2,1-4H3,(H,16,20). The van der Waals surface area contributed by atoms with Crippen LogP contribution in [0.5, 0.6) is 0 Å². The first-order valence-electron chi connectivity index (χ1n) is 7.72. The van der Waals surface area contributed by atoms with Crippen molar-refractivity contribution < 1.29 is 19.7 Å². The first-order valence-corrected chi connectivity index (χ1v) is 7.72. The van der Waals surface area contributed by atoms with Crippen molar-refractivity contribution >= 4 is 6.09 Å². The molecule has 6 nitrogen and oxygen atoms in total. The summed E-state index contributed by atoms with van der Waals surface area (Å²) in [6.45, 7) is 7.25. The Balaban J connectivity index is 2.44. The van der Waals surface area contributed by atoms with Crippen LogP contribution in [0.4, 0.5) is 4.79 Å². The van der Waals surface area contributed by atoms with E-state index in [1.807, 2.05) is 27.7 Å². The summed E-state index contributed by atoms with van der Waals surface area (Å²) in [6, 6.07) is 0.258. The van der Waals surface area contributed by atoms with Gasteiger partial charge in [-0.3, -0.25) is 0 Å². The molecule has 0 aliphatic heterocycles. The SMILES string of the molecule is CCC(CO)(CO)NC1CCC(NC(=O)OC(C)(C)C)C1. The van der Waals surface area contributed by atoms with Crippen LogP contribution in [0.1, 0.15) is 53.4 Å². The maximum Gasteiger partial charge on any atom is 0.407 e. The van der Waals surface area contributed by atoms with E-state index < -0.39 is 11.1 Å². The third-order valence-corrected chi connectivity index (χ3v) is 3.95. The Bertz CT molecular complexity index is 329. The summed E-state index contributed by atoms with van der Waals surface area (Å²) in [4.78, 5) is 11.7. The quantitative estimate of drug-likeness (QED) is 0.591. The summed E-state index contributed by atoms with van der Waals surface area (Å²) < 4.78 is 5.25. The van der Waals surface area contributed by atoms with E-state index in [1.54, 1.807) is 0 Å². The van der Waals surface area contributed by atoms with Crippen molar-refractivity contribution in [1.29, 1.82) is 0 Å². The Morgan fingerprint density at radius 3 is 2.24 bits per heavy atom. The average molecular weight is 302 g/mol. The van der Waals surface area contributed by atoms with E-state index in [9.17, 15) is 15.0 Å². The number of aliphatic hydroxyl groups is 2. The summed E-state index contributed by atoms with van der Waals surface area (Å²) in [6.07, 6.45) is 2.82. The third-order valence-electron chi connectivity index (χ3n) is 3.95. The lowest BCUT2D eigenvalue weighted by atomic mass is 9.96. The molecule has 0 bridgehead atoms. The van der Waals surface area contributed by atoms with E-state index in [2.05, 4.69) is 10.6 Å². The van der Waals surface area contributed by atoms with Gasteiger partial charge >= 0.3 is 6.09 Å². The maximum atomic E-state index is 11.7. The number of aliphatic hydroxyl groups excluding tert-OH is 2. The Kier molecular flexibility index (Phi) is 6.43. The number of hydrogen-bond acceptors (Lipinski definition) is 5. The molecule has 1 aliphatic carbocycles. The summed E-state index contributed by atoms with van der Waals surface area (Å²) in [5.41, 5.74) is -1.13. The number of ether oxygens (including phenoxy) is 1. The van der Waals surface area contributed by atoms with Gasteiger partial charge in [-0.2, -0.15) is 0 Å². The van der Waals surface area contributed by atoms with Crippen molar-refractivity contribution in [3.63, 3.8) is 0 Å². The van der Waals surface area contributed by atoms with Gasteiger partial charge in [0.1, 0.15) is 5.60 Å². The number of hydrogen-bond donors (Lipinski definition) is 4. The Hall–Kier alpha value is -0.850. The van der Waals surface area contributed by atoms with Gasteiger partial charge in [0.15, 0.2) is 0 Å². The van der Waals surface area contributed by atoms with Gasteiger partial charge in [-0.1, -0.05) is 6.92 Å². The molecule has 1 amide bonds. The molecule has 1 rings (SSSR count). The predicted molar refractivity (Wildman–Crippen MR) is 81.1 cm³/mol. The van der Waals surface area contributed by atoms with E-state index in [1.165, 1.54) is 0 Å². The lowest BCUT2D eigenvalue weighted by Gasteiger charge is -2.33. The van der Waals surface area contributed by atoms with Crippen molar-refractivity contribution in [2.45, 2.75) is 76.6 Å². The molecule has 0 spiro atoms. The Labute approximate surface area is 127 Å². The van der Waals surface area contributed by atoms with Crippen LogP contribution in [0, 0.1) is 0 Å². The van der Waals surface area contributed by atoms with Gasteiger partial charge < -0.3 is 25.6 Å². The van der Waals surface area contributed by atoms with Crippen molar-refractivity contribution in [3.8, 4) is 0 Å². The molecular formula is C15H30N2O4. The van der Waals surface area contributed by atoms with Gasteiger partial charge in [-0.25, -0.2) is 4.79 Å². The number of carbonyl (C=O) groups excluding carboxylic acids is 1. The van der Waals surface area contributed by atoms with Crippen LogP contribution in [0.3, 0.4) is 0 Å². The average Bonchev–Trinajstić information content (AvgIpc) is 2.81. The molecule has 2 unspecified atom stereocenters. The van der Waals surface area contributed by atoms with Crippen LogP contribution in [-0.2, 0) is 4.74 Å². The Morgan fingerprint density at radius 1 is 1.19 bits per heavy atom. The van der Waals surface area contributed by atoms with Crippen LogP contribution < -0.4 is 10.6 Å². The van der Waals surface area contributed by atoms with Crippen molar-refractivity contribution in [3.05, 3.63) is 0 Å². The normalized spacial score (nSPS) is 23.1. The highest BCUT2D eigenvalue weighted by atomic mass is 16.6. The zero-order chi connectivity index (χ0) is 16.1. The second kappa shape index (κ2) is 7.42. The van der Waals surface area contributed by atoms with Crippen LogP contribution >= 0.6 is 0 Å². The molecule has 0 heterocycles. The van der Waals surface area contributed by atoms with Gasteiger partial charge in [0.05, 0.1) is 18.8 Å². The Morgan fingerprint density at radius 2 is 1.76 bits per heavy atom. The van der Waals surface area contributed by atoms with Gasteiger partial charge in [0, 0.05) is 12.1 Å². The molecule has 6 heteroatoms. The summed E-state index contributed by atoms with van der Waals surface area (Å²) in [5.74, 6) is 0. The van der Waals surface area contributed by atoms with Crippen molar-refractivity contribution in [2.24, 2.45) is 0 Å². The zero-order valence-corrected chi connectivity index (χ0v) is 13.6. The van der Waals surface area contributed by atoms with E-state index in [0.29, 0.717) is 6.42 Å². The highest BCUT2D eigenvalue weighted by Gasteiger charge is 2.34. The number of nitrogens with one attached hydrogen (secondary N) is 2. The highest BCUT2D eigenvalue weighted by Crippen LogP contribution is 2.23. The second-order valence-electron chi connectivity index (χ2n) is 6.95. The number of alkyl carbamates (subject to hydrolysis) is 1. The topological polar surface area (TPSA) is 90.8 Å². The molecule has 1 fully saturated rings. The smallest absolute Gasteiger partial charge is 0.407 e. The minimum absolute atomic E-state index is 0.0734. The third kappa shape index (κ3) is 5.80. The maximum absolute atomic E-state index is 11.7. The molecule has 124 valence electrons. The van der Waals surface area contributed by atoms with Gasteiger partial charge in [-0.15, -0.1) is 0 Å². The molecule has 0 aromatic rings. The van der Waals surface area contributed by atoms with Crippen LogP contribution in [0.15, 0.2) is 0 Å². The summed E-state index contributed by atoms with van der Waals surface area (Å²) in [7, 11) is 0. The zero-order valence-electron chi connectivity index (χ0n) is 13.6. The fourth-order valence-corrected chi connectivity index (χ4v) is 2.62. The first-order chi connectivity index (χ1) is 9.73. The monoisotopic (exact) mass is 302 g/mol. The minimum Gasteiger partial charge on any atom is -0.444 e. The van der Waals surface area contributed by atoms with Crippen molar-refractivity contribution in [2.75, 3.05) is 13.2 Å². The number of rotatable bonds is 6. The molecule has 0 saturated heterocycles. The number of amides is 1. The number of carbonyl (C=O) groups is 1. The summed E-state index contributed by atoms with van der Waals surface area (Å²) in [5, 5.41) is 25.1. The van der Waals surface area contributed by atoms with Crippen molar-refractivity contribution in [1.82, 2.24) is 10.6 Å². The van der Waals surface area contributed by atoms with Crippen LogP contribution in [-0.4, -0.2) is 52.7 Å². The lowest BCUT2D eigenvalue weighted by Crippen LogP contribution is -2.55.